The molecule has 0 aromatic heterocycles. The number of nitrogen functional groups attached to an aromatic ring is 1. The maximum absolute atomic E-state index is 14.1. The van der Waals surface area contributed by atoms with E-state index in [1.54, 1.807) is 7.05 Å². The van der Waals surface area contributed by atoms with Crippen LogP contribution in [-0.2, 0) is 6.54 Å². The first-order valence-electron chi connectivity index (χ1n) is 6.74. The lowest BCUT2D eigenvalue weighted by Crippen LogP contribution is -2.20. The molecule has 0 fully saturated rings. The van der Waals surface area contributed by atoms with E-state index in [9.17, 15) is 13.2 Å². The van der Waals surface area contributed by atoms with E-state index in [1.165, 1.54) is 31.3 Å². The quantitative estimate of drug-likeness (QED) is 0.856. The summed E-state index contributed by atoms with van der Waals surface area (Å²) in [4.78, 5) is 1.44. The van der Waals surface area contributed by atoms with Crippen LogP contribution in [0.15, 0.2) is 24.3 Å². The number of halogens is 3. The van der Waals surface area contributed by atoms with Crippen molar-refractivity contribution in [3.05, 3.63) is 47.3 Å². The molecule has 0 bridgehead atoms. The Hall–Kier alpha value is -2.57. The van der Waals surface area contributed by atoms with Crippen molar-refractivity contribution in [1.82, 2.24) is 0 Å². The molecule has 0 aliphatic carbocycles. The number of rotatable bonds is 5. The third-order valence-electron chi connectivity index (χ3n) is 3.44. The Bertz CT molecular complexity index is 723. The van der Waals surface area contributed by atoms with Crippen LogP contribution in [0.25, 0.3) is 0 Å². The number of ether oxygens (including phenoxy) is 2. The number of methoxy groups -OCH3 is 2. The molecule has 0 saturated carbocycles. The molecule has 23 heavy (non-hydrogen) atoms. The lowest BCUT2D eigenvalue weighted by Gasteiger charge is -2.23. The van der Waals surface area contributed by atoms with Gasteiger partial charge in [-0.1, -0.05) is 0 Å². The van der Waals surface area contributed by atoms with Crippen LogP contribution in [0.4, 0.5) is 24.5 Å². The van der Waals surface area contributed by atoms with E-state index in [0.29, 0.717) is 5.56 Å². The maximum Gasteiger partial charge on any atom is 0.185 e. The number of nitrogens with zero attached hydrogens (tertiary/aromatic N) is 1. The third-order valence-corrected chi connectivity index (χ3v) is 3.44. The summed E-state index contributed by atoms with van der Waals surface area (Å²) in [5.41, 5.74) is 5.99. The molecule has 0 unspecified atom stereocenters. The summed E-state index contributed by atoms with van der Waals surface area (Å²) in [6, 6.07) is 4.87. The van der Waals surface area contributed by atoms with Gasteiger partial charge in [-0.3, -0.25) is 0 Å². The van der Waals surface area contributed by atoms with Crippen molar-refractivity contribution in [2.24, 2.45) is 0 Å². The minimum Gasteiger partial charge on any atom is -0.496 e. The van der Waals surface area contributed by atoms with Crippen LogP contribution < -0.4 is 20.1 Å². The van der Waals surface area contributed by atoms with Crippen molar-refractivity contribution < 1.29 is 22.6 Å². The average molecular weight is 326 g/mol. The van der Waals surface area contributed by atoms with Gasteiger partial charge in [-0.15, -0.1) is 0 Å². The van der Waals surface area contributed by atoms with Gasteiger partial charge in [0.15, 0.2) is 11.6 Å². The highest BCUT2D eigenvalue weighted by atomic mass is 19.2. The molecule has 4 nitrogen and oxygen atoms in total. The number of benzene rings is 2. The Balaban J connectivity index is 2.42. The standard InChI is InChI=1S/C16H17F3N2O2/c1-21(16-13(22-2)5-4-10(17)15(16)19)8-9-6-12(20)11(18)7-14(9)23-3/h4-7H,8,20H2,1-3H3. The Morgan fingerprint density at radius 3 is 2.26 bits per heavy atom. The van der Waals surface area contributed by atoms with Gasteiger partial charge >= 0.3 is 0 Å². The van der Waals surface area contributed by atoms with E-state index >= 15 is 0 Å². The molecule has 0 atom stereocenters. The zero-order valence-corrected chi connectivity index (χ0v) is 13.0. The fourth-order valence-corrected chi connectivity index (χ4v) is 2.31. The molecular formula is C16H17F3N2O2. The summed E-state index contributed by atoms with van der Waals surface area (Å²) < 4.78 is 51.3. The van der Waals surface area contributed by atoms with Crippen molar-refractivity contribution >= 4 is 11.4 Å². The van der Waals surface area contributed by atoms with Crippen LogP contribution >= 0.6 is 0 Å². The van der Waals surface area contributed by atoms with Crippen LogP contribution in [0.2, 0.25) is 0 Å². The van der Waals surface area contributed by atoms with E-state index in [1.807, 2.05) is 0 Å². The van der Waals surface area contributed by atoms with E-state index in [0.717, 1.165) is 12.1 Å². The molecule has 2 rings (SSSR count). The van der Waals surface area contributed by atoms with Gasteiger partial charge in [0.05, 0.1) is 19.9 Å². The molecule has 0 aliphatic rings. The lowest BCUT2D eigenvalue weighted by molar-refractivity contribution is 0.402. The first-order valence-corrected chi connectivity index (χ1v) is 6.74. The molecule has 0 radical (unpaired) electrons. The van der Waals surface area contributed by atoms with Gasteiger partial charge in [0.2, 0.25) is 0 Å². The monoisotopic (exact) mass is 326 g/mol. The highest BCUT2D eigenvalue weighted by Gasteiger charge is 2.20. The molecule has 2 N–H and O–H groups in total. The van der Waals surface area contributed by atoms with Gasteiger partial charge in [0.25, 0.3) is 0 Å². The molecule has 0 heterocycles. The van der Waals surface area contributed by atoms with Crippen LogP contribution in [-0.4, -0.2) is 21.3 Å². The Labute approximate surface area is 132 Å². The summed E-state index contributed by atoms with van der Waals surface area (Å²) in [7, 11) is 4.30. The summed E-state index contributed by atoms with van der Waals surface area (Å²) in [6.45, 7) is 0.115. The largest absolute Gasteiger partial charge is 0.496 e. The van der Waals surface area contributed by atoms with Gasteiger partial charge in [0.1, 0.15) is 23.0 Å². The van der Waals surface area contributed by atoms with Gasteiger partial charge in [-0.25, -0.2) is 13.2 Å². The molecule has 0 aliphatic heterocycles. The van der Waals surface area contributed by atoms with Gasteiger partial charge in [-0.05, 0) is 18.2 Å². The third kappa shape index (κ3) is 3.28. The normalized spacial score (nSPS) is 10.5. The summed E-state index contributed by atoms with van der Waals surface area (Å²) >= 11 is 0. The predicted octanol–water partition coefficient (Wildman–Crippen LogP) is 3.34. The molecule has 124 valence electrons. The lowest BCUT2D eigenvalue weighted by atomic mass is 10.1. The fraction of sp³-hybridized carbons (Fsp3) is 0.250. The Morgan fingerprint density at radius 2 is 1.65 bits per heavy atom. The highest BCUT2D eigenvalue weighted by Crippen LogP contribution is 2.34. The minimum atomic E-state index is -1.03. The second-order valence-electron chi connectivity index (χ2n) is 4.95. The van der Waals surface area contributed by atoms with Crippen LogP contribution in [0.5, 0.6) is 11.5 Å². The zero-order chi connectivity index (χ0) is 17.1. The molecule has 7 heteroatoms. The SMILES string of the molecule is COc1cc(F)c(N)cc1CN(C)c1c(OC)ccc(F)c1F. The van der Waals surface area contributed by atoms with E-state index in [-0.39, 0.29) is 29.4 Å². The number of hydrogen-bond acceptors (Lipinski definition) is 4. The molecule has 0 saturated heterocycles. The highest BCUT2D eigenvalue weighted by molar-refractivity contribution is 5.60. The summed E-state index contributed by atoms with van der Waals surface area (Å²) in [5, 5.41) is 0. The Morgan fingerprint density at radius 1 is 1.00 bits per heavy atom. The molecular weight excluding hydrogens is 309 g/mol. The zero-order valence-electron chi connectivity index (χ0n) is 13.0. The van der Waals surface area contributed by atoms with Crippen LogP contribution in [0, 0.1) is 17.5 Å². The van der Waals surface area contributed by atoms with E-state index in [2.05, 4.69) is 0 Å². The topological polar surface area (TPSA) is 47.7 Å². The fourth-order valence-electron chi connectivity index (χ4n) is 2.31. The van der Waals surface area contributed by atoms with Crippen molar-refractivity contribution in [3.63, 3.8) is 0 Å². The van der Waals surface area contributed by atoms with Crippen LogP contribution in [0.3, 0.4) is 0 Å². The average Bonchev–Trinajstić information content (AvgIpc) is 2.52. The molecule has 2 aromatic rings. The first-order chi connectivity index (χ1) is 10.9. The first kappa shape index (κ1) is 16.8. The van der Waals surface area contributed by atoms with Crippen molar-refractivity contribution in [2.45, 2.75) is 6.54 Å². The van der Waals surface area contributed by atoms with Crippen molar-refractivity contribution in [1.29, 1.82) is 0 Å². The smallest absolute Gasteiger partial charge is 0.185 e. The van der Waals surface area contributed by atoms with Gasteiger partial charge in [0, 0.05) is 25.2 Å². The Kier molecular flexibility index (Phi) is 4.88. The van der Waals surface area contributed by atoms with E-state index < -0.39 is 17.5 Å². The minimum absolute atomic E-state index is 0.0440. The summed E-state index contributed by atoms with van der Waals surface area (Å²) in [6.07, 6.45) is 0. The van der Waals surface area contributed by atoms with Gasteiger partial charge < -0.3 is 20.1 Å². The number of nitrogens with two attached hydrogens (primary N) is 1. The maximum atomic E-state index is 14.1. The number of anilines is 2. The van der Waals surface area contributed by atoms with Crippen molar-refractivity contribution in [2.75, 3.05) is 31.9 Å². The van der Waals surface area contributed by atoms with Crippen LogP contribution in [0.1, 0.15) is 5.56 Å². The summed E-state index contributed by atoms with van der Waals surface area (Å²) in [5.74, 6) is -2.18. The molecule has 0 spiro atoms. The molecule has 0 amide bonds. The predicted molar refractivity (Wildman–Crippen MR) is 82.4 cm³/mol. The molecule has 2 aromatic carbocycles. The number of hydrogen-bond donors (Lipinski definition) is 1. The van der Waals surface area contributed by atoms with E-state index in [4.69, 9.17) is 15.2 Å². The second kappa shape index (κ2) is 6.68. The van der Waals surface area contributed by atoms with Crippen molar-refractivity contribution in [3.8, 4) is 11.5 Å². The van der Waals surface area contributed by atoms with Gasteiger partial charge in [-0.2, -0.15) is 0 Å². The second-order valence-corrected chi connectivity index (χ2v) is 4.95.